The van der Waals surface area contributed by atoms with E-state index in [1.807, 2.05) is 0 Å². The van der Waals surface area contributed by atoms with Crippen molar-refractivity contribution in [3.8, 4) is 18.0 Å². The molecule has 0 spiro atoms. The second kappa shape index (κ2) is 6.15. The fourth-order valence-electron chi connectivity index (χ4n) is 2.21. The summed E-state index contributed by atoms with van der Waals surface area (Å²) < 4.78 is 14.8. The summed E-state index contributed by atoms with van der Waals surface area (Å²) in [5, 5.41) is -0.376. The molecule has 1 aliphatic rings. The van der Waals surface area contributed by atoms with Crippen LogP contribution in [0.5, 0.6) is 0 Å². The topological polar surface area (TPSA) is 42.3 Å². The highest BCUT2D eigenvalue weighted by molar-refractivity contribution is 8.18. The van der Waals surface area contributed by atoms with E-state index < -0.39 is 5.91 Å². The number of terminal acetylenes is 1. The lowest BCUT2D eigenvalue weighted by Gasteiger charge is -2.08. The average molecular weight is 326 g/mol. The molecule has 1 saturated heterocycles. The molecule has 2 amide bonds. The first-order valence-corrected chi connectivity index (χ1v) is 7.54. The van der Waals surface area contributed by atoms with Gasteiger partial charge in [-0.25, -0.2) is 4.39 Å². The van der Waals surface area contributed by atoms with Gasteiger partial charge in [-0.2, -0.15) is 0 Å². The predicted octanol–water partition coefficient (Wildman–Crippen LogP) is 3.29. The molecule has 0 radical (unpaired) electrons. The fraction of sp³-hybridized carbons (Fsp3) is 0.0588. The first kappa shape index (κ1) is 15.1. The number of hydrogen-bond donors (Lipinski definition) is 0. The van der Waals surface area contributed by atoms with Gasteiger partial charge < -0.3 is 4.57 Å². The molecule has 2 heterocycles. The summed E-state index contributed by atoms with van der Waals surface area (Å²) in [6.07, 6.45) is 8.59. The van der Waals surface area contributed by atoms with Crippen molar-refractivity contribution in [1.82, 2.24) is 9.47 Å². The molecule has 1 fully saturated rings. The third-order valence-electron chi connectivity index (χ3n) is 3.29. The largest absolute Gasteiger partial charge is 0.317 e. The summed E-state index contributed by atoms with van der Waals surface area (Å²) in [6.45, 7) is -0.0407. The Kier molecular flexibility index (Phi) is 4.04. The molecule has 0 aliphatic carbocycles. The van der Waals surface area contributed by atoms with Crippen LogP contribution in [0.2, 0.25) is 0 Å². The van der Waals surface area contributed by atoms with Crippen molar-refractivity contribution in [2.45, 2.75) is 0 Å². The van der Waals surface area contributed by atoms with Gasteiger partial charge in [0.1, 0.15) is 5.82 Å². The Hall–Kier alpha value is -2.78. The maximum Gasteiger partial charge on any atom is 0.294 e. The summed E-state index contributed by atoms with van der Waals surface area (Å²) in [4.78, 5) is 25.3. The summed E-state index contributed by atoms with van der Waals surface area (Å²) in [7, 11) is 0. The van der Waals surface area contributed by atoms with Crippen molar-refractivity contribution in [3.63, 3.8) is 0 Å². The van der Waals surface area contributed by atoms with Crippen LogP contribution in [0.4, 0.5) is 9.18 Å². The van der Waals surface area contributed by atoms with Crippen LogP contribution in [0.3, 0.4) is 0 Å². The van der Waals surface area contributed by atoms with Crippen LogP contribution in [0.1, 0.15) is 5.69 Å². The number of rotatable bonds is 3. The molecular formula is C17H11FN2O2S. The number of carbonyl (C=O) groups excluding carboxylic acids is 2. The van der Waals surface area contributed by atoms with Crippen LogP contribution in [0.15, 0.2) is 47.5 Å². The number of carbonyl (C=O) groups is 2. The molecule has 0 atom stereocenters. The molecule has 0 N–H and O–H groups in total. The molecule has 4 nitrogen and oxygen atoms in total. The quantitative estimate of drug-likeness (QED) is 0.642. The fourth-order valence-corrected chi connectivity index (χ4v) is 3.03. The van der Waals surface area contributed by atoms with Gasteiger partial charge >= 0.3 is 0 Å². The minimum atomic E-state index is -0.398. The van der Waals surface area contributed by atoms with E-state index in [0.29, 0.717) is 10.6 Å². The highest BCUT2D eigenvalue weighted by Gasteiger charge is 2.34. The van der Waals surface area contributed by atoms with Crippen LogP contribution >= 0.6 is 11.8 Å². The SMILES string of the molecule is C#CCN1C(=O)SC(=Cc2cccn2-c2ccc(F)cc2)C1=O. The number of imide groups is 1. The molecule has 1 aliphatic heterocycles. The third-order valence-corrected chi connectivity index (χ3v) is 4.19. The molecule has 1 aromatic heterocycles. The molecule has 0 saturated carbocycles. The van der Waals surface area contributed by atoms with Gasteiger partial charge in [0.25, 0.3) is 11.1 Å². The molecule has 2 aromatic rings. The highest BCUT2D eigenvalue weighted by atomic mass is 32.2. The zero-order valence-corrected chi connectivity index (χ0v) is 12.7. The number of benzene rings is 1. The Labute approximate surface area is 136 Å². The van der Waals surface area contributed by atoms with Crippen molar-refractivity contribution < 1.29 is 14.0 Å². The predicted molar refractivity (Wildman–Crippen MR) is 87.2 cm³/mol. The van der Waals surface area contributed by atoms with E-state index in [1.54, 1.807) is 41.1 Å². The lowest BCUT2D eigenvalue weighted by atomic mass is 10.3. The van der Waals surface area contributed by atoms with E-state index in [9.17, 15) is 14.0 Å². The first-order chi connectivity index (χ1) is 11.1. The Morgan fingerprint density at radius 3 is 2.65 bits per heavy atom. The van der Waals surface area contributed by atoms with E-state index in [-0.39, 0.29) is 17.6 Å². The lowest BCUT2D eigenvalue weighted by Crippen LogP contribution is -2.28. The number of amides is 2. The van der Waals surface area contributed by atoms with Gasteiger partial charge in [0, 0.05) is 17.6 Å². The van der Waals surface area contributed by atoms with Crippen molar-refractivity contribution >= 4 is 29.0 Å². The Balaban J connectivity index is 1.94. The number of hydrogen-bond acceptors (Lipinski definition) is 3. The van der Waals surface area contributed by atoms with Gasteiger partial charge in [-0.1, -0.05) is 5.92 Å². The van der Waals surface area contributed by atoms with Crippen molar-refractivity contribution in [1.29, 1.82) is 0 Å². The third kappa shape index (κ3) is 2.91. The smallest absolute Gasteiger partial charge is 0.294 e. The molecule has 114 valence electrons. The molecule has 1 aromatic carbocycles. The monoisotopic (exact) mass is 326 g/mol. The number of thioether (sulfide) groups is 1. The normalized spacial score (nSPS) is 16.2. The van der Waals surface area contributed by atoms with Crippen molar-refractivity contribution in [2.24, 2.45) is 0 Å². The van der Waals surface area contributed by atoms with E-state index in [2.05, 4.69) is 5.92 Å². The minimum Gasteiger partial charge on any atom is -0.317 e. The van der Waals surface area contributed by atoms with Crippen LogP contribution < -0.4 is 0 Å². The molecule has 6 heteroatoms. The Morgan fingerprint density at radius 1 is 1.22 bits per heavy atom. The van der Waals surface area contributed by atoms with Crippen LogP contribution in [-0.2, 0) is 4.79 Å². The van der Waals surface area contributed by atoms with E-state index in [4.69, 9.17) is 6.42 Å². The second-order valence-electron chi connectivity index (χ2n) is 4.75. The van der Waals surface area contributed by atoms with Gasteiger partial charge in [0.15, 0.2) is 0 Å². The van der Waals surface area contributed by atoms with Crippen LogP contribution in [0, 0.1) is 18.2 Å². The molecule has 23 heavy (non-hydrogen) atoms. The number of nitrogens with zero attached hydrogens (tertiary/aromatic N) is 2. The van der Waals surface area contributed by atoms with Gasteiger partial charge in [0.05, 0.1) is 11.4 Å². The van der Waals surface area contributed by atoms with E-state index >= 15 is 0 Å². The summed E-state index contributed by atoms with van der Waals surface area (Å²) >= 11 is 0.856. The van der Waals surface area contributed by atoms with E-state index in [0.717, 1.165) is 22.3 Å². The number of halogens is 1. The van der Waals surface area contributed by atoms with Crippen molar-refractivity contribution in [2.75, 3.05) is 6.54 Å². The minimum absolute atomic E-state index is 0.0407. The van der Waals surface area contributed by atoms with Gasteiger partial charge in [-0.05, 0) is 54.2 Å². The summed E-state index contributed by atoms with van der Waals surface area (Å²) in [5.41, 5.74) is 1.47. The van der Waals surface area contributed by atoms with Crippen molar-refractivity contribution in [3.05, 3.63) is 59.0 Å². The summed E-state index contributed by atoms with van der Waals surface area (Å²) in [5.74, 6) is 1.58. The molecular weight excluding hydrogens is 315 g/mol. The Bertz CT molecular complexity index is 846. The summed E-state index contributed by atoms with van der Waals surface area (Å²) in [6, 6.07) is 9.60. The molecule has 3 rings (SSSR count). The standard InChI is InChI=1S/C17H11FN2O2S/c1-2-9-20-16(21)15(23-17(20)22)11-14-4-3-10-19(14)13-7-5-12(18)6-8-13/h1,3-8,10-11H,9H2. The zero-order chi connectivity index (χ0) is 16.4. The van der Waals surface area contributed by atoms with Crippen LogP contribution in [0.25, 0.3) is 11.8 Å². The van der Waals surface area contributed by atoms with Gasteiger partial charge in [0.2, 0.25) is 0 Å². The maximum atomic E-state index is 13.0. The lowest BCUT2D eigenvalue weighted by molar-refractivity contribution is -0.122. The molecule has 0 unspecified atom stereocenters. The number of aromatic nitrogens is 1. The first-order valence-electron chi connectivity index (χ1n) is 6.72. The van der Waals surface area contributed by atoms with E-state index in [1.165, 1.54) is 12.1 Å². The highest BCUT2D eigenvalue weighted by Crippen LogP contribution is 2.32. The maximum absolute atomic E-state index is 13.0. The zero-order valence-electron chi connectivity index (χ0n) is 11.9. The molecule has 0 bridgehead atoms. The second-order valence-corrected chi connectivity index (χ2v) is 5.74. The average Bonchev–Trinajstić information content (AvgIpc) is 3.09. The van der Waals surface area contributed by atoms with Crippen LogP contribution in [-0.4, -0.2) is 27.2 Å². The van der Waals surface area contributed by atoms with Gasteiger partial charge in [-0.3, -0.25) is 14.5 Å². The van der Waals surface area contributed by atoms with Gasteiger partial charge in [-0.15, -0.1) is 6.42 Å². The Morgan fingerprint density at radius 2 is 1.96 bits per heavy atom.